The van der Waals surface area contributed by atoms with Gasteiger partial charge in [-0.25, -0.2) is 0 Å². The van der Waals surface area contributed by atoms with Crippen LogP contribution in [0.3, 0.4) is 0 Å². The average molecular weight is 255 g/mol. The highest BCUT2D eigenvalue weighted by Gasteiger charge is 2.40. The molecule has 6 nitrogen and oxygen atoms in total. The first-order chi connectivity index (χ1) is 8.50. The SMILES string of the molecule is CNC(=O)CNC(=O)C1(NC(C)=O)CCCCC1. The molecule has 0 saturated heterocycles. The third-order valence-corrected chi connectivity index (χ3v) is 3.25. The minimum atomic E-state index is -0.835. The minimum Gasteiger partial charge on any atom is -0.358 e. The molecule has 3 amide bonds. The molecule has 0 heterocycles. The van der Waals surface area contributed by atoms with Crippen LogP contribution in [-0.2, 0) is 14.4 Å². The highest BCUT2D eigenvalue weighted by atomic mass is 16.2. The fraction of sp³-hybridized carbons (Fsp3) is 0.750. The number of hydrogen-bond donors (Lipinski definition) is 3. The molecule has 0 radical (unpaired) electrons. The van der Waals surface area contributed by atoms with E-state index in [9.17, 15) is 14.4 Å². The Morgan fingerprint density at radius 1 is 1.11 bits per heavy atom. The Kier molecular flexibility index (Phi) is 5.12. The van der Waals surface area contributed by atoms with Crippen LogP contribution in [0.2, 0.25) is 0 Å². The molecule has 3 N–H and O–H groups in total. The van der Waals surface area contributed by atoms with Gasteiger partial charge >= 0.3 is 0 Å². The first-order valence-corrected chi connectivity index (χ1v) is 6.28. The predicted octanol–water partition coefficient (Wildman–Crippen LogP) is -0.312. The molecule has 0 aromatic carbocycles. The van der Waals surface area contributed by atoms with E-state index in [2.05, 4.69) is 16.0 Å². The summed E-state index contributed by atoms with van der Waals surface area (Å²) in [7, 11) is 1.51. The third kappa shape index (κ3) is 3.72. The number of carbonyl (C=O) groups excluding carboxylic acids is 3. The van der Waals surface area contributed by atoms with Gasteiger partial charge in [0, 0.05) is 14.0 Å². The second-order valence-electron chi connectivity index (χ2n) is 4.68. The summed E-state index contributed by atoms with van der Waals surface area (Å²) in [6.45, 7) is 1.35. The van der Waals surface area contributed by atoms with Gasteiger partial charge in [-0.3, -0.25) is 14.4 Å². The van der Waals surface area contributed by atoms with Crippen molar-refractivity contribution in [2.24, 2.45) is 0 Å². The molecule has 102 valence electrons. The van der Waals surface area contributed by atoms with Crippen molar-refractivity contribution in [2.45, 2.75) is 44.6 Å². The van der Waals surface area contributed by atoms with Crippen molar-refractivity contribution in [3.05, 3.63) is 0 Å². The lowest BCUT2D eigenvalue weighted by Crippen LogP contribution is -2.60. The number of likely N-dealkylation sites (N-methyl/N-ethyl adjacent to an activating group) is 1. The van der Waals surface area contributed by atoms with Crippen LogP contribution in [-0.4, -0.2) is 36.9 Å². The van der Waals surface area contributed by atoms with Crippen molar-refractivity contribution in [1.82, 2.24) is 16.0 Å². The molecule has 6 heteroatoms. The van der Waals surface area contributed by atoms with Crippen LogP contribution in [0.15, 0.2) is 0 Å². The van der Waals surface area contributed by atoms with Gasteiger partial charge in [0.2, 0.25) is 17.7 Å². The Labute approximate surface area is 107 Å². The topological polar surface area (TPSA) is 87.3 Å². The van der Waals surface area contributed by atoms with Gasteiger partial charge in [-0.1, -0.05) is 19.3 Å². The monoisotopic (exact) mass is 255 g/mol. The summed E-state index contributed by atoms with van der Waals surface area (Å²) in [6.07, 6.45) is 4.16. The molecule has 1 aliphatic rings. The standard InChI is InChI=1S/C12H21N3O3/c1-9(16)15-12(6-4-3-5-7-12)11(18)14-8-10(17)13-2/h3-8H2,1-2H3,(H,13,17)(H,14,18)(H,15,16). The zero-order chi connectivity index (χ0) is 13.6. The maximum atomic E-state index is 12.2. The van der Waals surface area contributed by atoms with Gasteiger partial charge in [-0.15, -0.1) is 0 Å². The van der Waals surface area contributed by atoms with Gasteiger partial charge in [0.1, 0.15) is 5.54 Å². The van der Waals surface area contributed by atoms with Crippen molar-refractivity contribution < 1.29 is 14.4 Å². The maximum Gasteiger partial charge on any atom is 0.246 e. The van der Waals surface area contributed by atoms with Crippen molar-refractivity contribution >= 4 is 17.7 Å². The summed E-state index contributed by atoms with van der Waals surface area (Å²) < 4.78 is 0. The van der Waals surface area contributed by atoms with Gasteiger partial charge in [-0.05, 0) is 12.8 Å². The van der Waals surface area contributed by atoms with Crippen molar-refractivity contribution in [3.63, 3.8) is 0 Å². The quantitative estimate of drug-likeness (QED) is 0.644. The van der Waals surface area contributed by atoms with Crippen molar-refractivity contribution in [1.29, 1.82) is 0 Å². The summed E-state index contributed by atoms with van der Waals surface area (Å²) in [4.78, 5) is 34.5. The molecule has 1 fully saturated rings. The molecular formula is C12H21N3O3. The average Bonchev–Trinajstić information content (AvgIpc) is 2.35. The molecule has 0 aromatic rings. The largest absolute Gasteiger partial charge is 0.358 e. The highest BCUT2D eigenvalue weighted by Crippen LogP contribution is 2.28. The van der Waals surface area contributed by atoms with Crippen LogP contribution in [0.1, 0.15) is 39.0 Å². The Morgan fingerprint density at radius 2 is 1.72 bits per heavy atom. The molecule has 0 spiro atoms. The molecule has 0 aliphatic heterocycles. The summed E-state index contributed by atoms with van der Waals surface area (Å²) in [6, 6.07) is 0. The Bertz CT molecular complexity index is 335. The van der Waals surface area contributed by atoms with E-state index in [0.717, 1.165) is 19.3 Å². The summed E-state index contributed by atoms with van der Waals surface area (Å²) in [5.41, 5.74) is -0.835. The number of nitrogens with one attached hydrogen (secondary N) is 3. The van der Waals surface area contributed by atoms with E-state index in [-0.39, 0.29) is 24.3 Å². The van der Waals surface area contributed by atoms with E-state index in [1.807, 2.05) is 0 Å². The van der Waals surface area contributed by atoms with Crippen molar-refractivity contribution in [3.8, 4) is 0 Å². The highest BCUT2D eigenvalue weighted by molar-refractivity contribution is 5.93. The fourth-order valence-electron chi connectivity index (χ4n) is 2.32. The van der Waals surface area contributed by atoms with Crippen molar-refractivity contribution in [2.75, 3.05) is 13.6 Å². The molecular weight excluding hydrogens is 234 g/mol. The summed E-state index contributed by atoms with van der Waals surface area (Å²) in [5, 5.41) is 7.77. The van der Waals surface area contributed by atoms with E-state index in [1.165, 1.54) is 14.0 Å². The molecule has 18 heavy (non-hydrogen) atoms. The van der Waals surface area contributed by atoms with E-state index in [1.54, 1.807) is 0 Å². The molecule has 1 rings (SSSR count). The van der Waals surface area contributed by atoms with E-state index >= 15 is 0 Å². The Balaban J connectivity index is 2.66. The van der Waals surface area contributed by atoms with E-state index in [4.69, 9.17) is 0 Å². The number of carbonyl (C=O) groups is 3. The molecule has 0 atom stereocenters. The smallest absolute Gasteiger partial charge is 0.246 e. The molecule has 0 unspecified atom stereocenters. The second-order valence-corrected chi connectivity index (χ2v) is 4.68. The first-order valence-electron chi connectivity index (χ1n) is 6.28. The molecule has 1 aliphatic carbocycles. The molecule has 1 saturated carbocycles. The van der Waals surface area contributed by atoms with E-state index in [0.29, 0.717) is 12.8 Å². The predicted molar refractivity (Wildman–Crippen MR) is 66.7 cm³/mol. The second kappa shape index (κ2) is 6.37. The van der Waals surface area contributed by atoms with Crippen LogP contribution < -0.4 is 16.0 Å². The Morgan fingerprint density at radius 3 is 2.22 bits per heavy atom. The maximum absolute atomic E-state index is 12.2. The normalized spacial score (nSPS) is 17.7. The lowest BCUT2D eigenvalue weighted by Gasteiger charge is -2.36. The zero-order valence-corrected chi connectivity index (χ0v) is 11.0. The van der Waals surface area contributed by atoms with Crippen LogP contribution in [0.25, 0.3) is 0 Å². The van der Waals surface area contributed by atoms with Gasteiger partial charge in [0.25, 0.3) is 0 Å². The van der Waals surface area contributed by atoms with Gasteiger partial charge in [0.05, 0.1) is 6.54 Å². The number of rotatable bonds is 4. The zero-order valence-electron chi connectivity index (χ0n) is 11.0. The number of hydrogen-bond acceptors (Lipinski definition) is 3. The summed E-state index contributed by atoms with van der Waals surface area (Å²) >= 11 is 0. The van der Waals surface area contributed by atoms with Gasteiger partial charge in [-0.2, -0.15) is 0 Å². The van der Waals surface area contributed by atoms with E-state index < -0.39 is 5.54 Å². The third-order valence-electron chi connectivity index (χ3n) is 3.25. The lowest BCUT2D eigenvalue weighted by atomic mass is 9.80. The Hall–Kier alpha value is -1.59. The van der Waals surface area contributed by atoms with Gasteiger partial charge < -0.3 is 16.0 Å². The van der Waals surface area contributed by atoms with Crippen LogP contribution in [0.4, 0.5) is 0 Å². The minimum absolute atomic E-state index is 0.0589. The van der Waals surface area contributed by atoms with Gasteiger partial charge in [0.15, 0.2) is 0 Å². The lowest BCUT2D eigenvalue weighted by molar-refractivity contribution is -0.135. The fourth-order valence-corrected chi connectivity index (χ4v) is 2.32. The molecule has 0 aromatic heterocycles. The first kappa shape index (κ1) is 14.5. The number of amides is 3. The summed E-state index contributed by atoms with van der Waals surface area (Å²) in [5.74, 6) is -0.731. The molecule has 0 bridgehead atoms. The van der Waals surface area contributed by atoms with Crippen LogP contribution in [0, 0.1) is 0 Å². The van der Waals surface area contributed by atoms with Crippen LogP contribution >= 0.6 is 0 Å². The van der Waals surface area contributed by atoms with Crippen LogP contribution in [0.5, 0.6) is 0 Å².